The summed E-state index contributed by atoms with van der Waals surface area (Å²) < 4.78 is 22.5. The third kappa shape index (κ3) is 3.92. The number of likely N-dealkylation sites (N-methyl/N-ethyl adjacent to an activating group) is 1. The minimum atomic E-state index is -3.09. The van der Waals surface area contributed by atoms with Gasteiger partial charge in [0.05, 0.1) is 4.90 Å². The van der Waals surface area contributed by atoms with Crippen molar-refractivity contribution in [1.29, 1.82) is 0 Å². The van der Waals surface area contributed by atoms with Crippen molar-refractivity contribution in [2.75, 3.05) is 26.4 Å². The average Bonchev–Trinajstić information content (AvgIpc) is 2.17. The van der Waals surface area contributed by atoms with E-state index in [1.807, 2.05) is 19.2 Å². The van der Waals surface area contributed by atoms with Crippen LogP contribution in [0.3, 0.4) is 0 Å². The Morgan fingerprint density at radius 3 is 2.25 bits per heavy atom. The van der Waals surface area contributed by atoms with E-state index in [0.29, 0.717) is 11.4 Å². The number of nitrogens with two attached hydrogens (primary N) is 1. The topological polar surface area (TPSA) is 63.4 Å². The normalized spacial score (nSPS) is 12.0. The molecule has 1 rings (SSSR count). The molecule has 2 N–H and O–H groups in total. The maximum atomic E-state index is 11.2. The van der Waals surface area contributed by atoms with Gasteiger partial charge in [0, 0.05) is 25.9 Å². The number of benzene rings is 1. The van der Waals surface area contributed by atoms with Crippen molar-refractivity contribution < 1.29 is 8.42 Å². The first-order valence-electron chi connectivity index (χ1n) is 5.11. The highest BCUT2D eigenvalue weighted by Crippen LogP contribution is 2.11. The highest BCUT2D eigenvalue weighted by atomic mass is 32.2. The Bertz CT molecular complexity index is 426. The van der Waals surface area contributed by atoms with Crippen molar-refractivity contribution in [1.82, 2.24) is 4.90 Å². The zero-order valence-corrected chi connectivity index (χ0v) is 10.5. The minimum Gasteiger partial charge on any atom is -0.329 e. The van der Waals surface area contributed by atoms with Crippen molar-refractivity contribution in [3.63, 3.8) is 0 Å². The molecule has 5 heteroatoms. The van der Waals surface area contributed by atoms with Crippen LogP contribution in [-0.2, 0) is 16.4 Å². The predicted molar refractivity (Wildman–Crippen MR) is 64.9 cm³/mol. The average molecular weight is 242 g/mol. The van der Waals surface area contributed by atoms with Crippen LogP contribution in [0.4, 0.5) is 0 Å². The summed E-state index contributed by atoms with van der Waals surface area (Å²) in [7, 11) is -1.11. The quantitative estimate of drug-likeness (QED) is 0.816. The third-order valence-corrected chi connectivity index (χ3v) is 3.44. The lowest BCUT2D eigenvalue weighted by Crippen LogP contribution is -2.24. The van der Waals surface area contributed by atoms with Gasteiger partial charge in [0.15, 0.2) is 9.84 Å². The van der Waals surface area contributed by atoms with Gasteiger partial charge in [0.25, 0.3) is 0 Å². The smallest absolute Gasteiger partial charge is 0.175 e. The fourth-order valence-electron chi connectivity index (χ4n) is 1.45. The lowest BCUT2D eigenvalue weighted by molar-refractivity contribution is 0.336. The van der Waals surface area contributed by atoms with Crippen LogP contribution in [0.25, 0.3) is 0 Å². The van der Waals surface area contributed by atoms with Gasteiger partial charge >= 0.3 is 0 Å². The summed E-state index contributed by atoms with van der Waals surface area (Å²) in [4.78, 5) is 2.45. The van der Waals surface area contributed by atoms with Crippen molar-refractivity contribution in [2.45, 2.75) is 11.4 Å². The van der Waals surface area contributed by atoms with Crippen molar-refractivity contribution in [2.24, 2.45) is 5.73 Å². The van der Waals surface area contributed by atoms with Gasteiger partial charge in [-0.15, -0.1) is 0 Å². The van der Waals surface area contributed by atoms with Gasteiger partial charge in [-0.3, -0.25) is 0 Å². The number of hydrogen-bond acceptors (Lipinski definition) is 4. The zero-order valence-electron chi connectivity index (χ0n) is 9.68. The third-order valence-electron chi connectivity index (χ3n) is 2.31. The summed E-state index contributed by atoms with van der Waals surface area (Å²) in [5, 5.41) is 0. The first kappa shape index (κ1) is 13.2. The molecule has 0 spiro atoms. The minimum absolute atomic E-state index is 0.359. The molecule has 0 atom stereocenters. The fourth-order valence-corrected chi connectivity index (χ4v) is 2.08. The largest absolute Gasteiger partial charge is 0.329 e. The molecule has 0 heterocycles. The molecule has 0 aliphatic carbocycles. The van der Waals surface area contributed by atoms with Gasteiger partial charge in [-0.25, -0.2) is 8.42 Å². The van der Waals surface area contributed by atoms with E-state index >= 15 is 0 Å². The first-order valence-corrected chi connectivity index (χ1v) is 7.00. The van der Waals surface area contributed by atoms with Crippen molar-refractivity contribution in [3.05, 3.63) is 29.8 Å². The Morgan fingerprint density at radius 1 is 1.25 bits per heavy atom. The van der Waals surface area contributed by atoms with Crippen molar-refractivity contribution in [3.8, 4) is 0 Å². The van der Waals surface area contributed by atoms with E-state index in [4.69, 9.17) is 5.73 Å². The summed E-state index contributed by atoms with van der Waals surface area (Å²) in [6, 6.07) is 6.95. The molecule has 1 aromatic carbocycles. The monoisotopic (exact) mass is 242 g/mol. The molecule has 0 saturated carbocycles. The fraction of sp³-hybridized carbons (Fsp3) is 0.455. The second kappa shape index (κ2) is 5.43. The highest BCUT2D eigenvalue weighted by Gasteiger charge is 2.06. The van der Waals surface area contributed by atoms with Gasteiger partial charge in [0.2, 0.25) is 0 Å². The Labute approximate surface area is 97.0 Å². The van der Waals surface area contributed by atoms with Gasteiger partial charge in [-0.2, -0.15) is 0 Å². The number of sulfone groups is 1. The molecule has 0 radical (unpaired) electrons. The molecule has 16 heavy (non-hydrogen) atoms. The second-order valence-corrected chi connectivity index (χ2v) is 5.96. The summed E-state index contributed by atoms with van der Waals surface area (Å²) in [5.41, 5.74) is 6.53. The van der Waals surface area contributed by atoms with Gasteiger partial charge in [0.1, 0.15) is 0 Å². The molecule has 1 aromatic rings. The maximum Gasteiger partial charge on any atom is 0.175 e. The maximum absolute atomic E-state index is 11.2. The number of nitrogens with zero attached hydrogens (tertiary/aromatic N) is 1. The molecular weight excluding hydrogens is 224 g/mol. The lowest BCUT2D eigenvalue weighted by atomic mass is 10.2. The standard InChI is InChI=1S/C11H18N2O2S/c1-13(8-7-12)9-10-3-5-11(6-4-10)16(2,14)15/h3-6H,7-9,12H2,1-2H3. The Morgan fingerprint density at radius 2 is 1.81 bits per heavy atom. The van der Waals surface area contributed by atoms with Gasteiger partial charge in [-0.1, -0.05) is 12.1 Å². The Hall–Kier alpha value is -0.910. The molecule has 90 valence electrons. The van der Waals surface area contributed by atoms with Crippen LogP contribution in [0, 0.1) is 0 Å². The van der Waals surface area contributed by atoms with Crippen LogP contribution in [0.15, 0.2) is 29.2 Å². The Balaban J connectivity index is 2.72. The molecule has 0 fully saturated rings. The lowest BCUT2D eigenvalue weighted by Gasteiger charge is -2.15. The summed E-state index contributed by atoms with van der Waals surface area (Å²) >= 11 is 0. The van der Waals surface area contributed by atoms with E-state index < -0.39 is 9.84 Å². The highest BCUT2D eigenvalue weighted by molar-refractivity contribution is 7.90. The summed E-state index contributed by atoms with van der Waals surface area (Å²) in [6.07, 6.45) is 1.21. The number of rotatable bonds is 5. The molecule has 0 aliphatic rings. The number of hydrogen-bond donors (Lipinski definition) is 1. The van der Waals surface area contributed by atoms with E-state index in [9.17, 15) is 8.42 Å². The molecule has 0 aliphatic heterocycles. The summed E-state index contributed by atoms with van der Waals surface area (Å²) in [6.45, 7) is 2.23. The molecule has 0 saturated heterocycles. The van der Waals surface area contributed by atoms with Crippen LogP contribution in [0.5, 0.6) is 0 Å². The van der Waals surface area contributed by atoms with Crippen LogP contribution >= 0.6 is 0 Å². The van der Waals surface area contributed by atoms with E-state index in [0.717, 1.165) is 18.7 Å². The molecule has 0 unspecified atom stereocenters. The van der Waals surface area contributed by atoms with Gasteiger partial charge in [-0.05, 0) is 24.7 Å². The van der Waals surface area contributed by atoms with Gasteiger partial charge < -0.3 is 10.6 Å². The predicted octanol–water partition coefficient (Wildman–Crippen LogP) is 0.481. The van der Waals surface area contributed by atoms with Crippen LogP contribution in [0.2, 0.25) is 0 Å². The zero-order chi connectivity index (χ0) is 12.2. The molecule has 0 aromatic heterocycles. The molecule has 4 nitrogen and oxygen atoms in total. The molecular formula is C11H18N2O2S. The molecule has 0 bridgehead atoms. The van der Waals surface area contributed by atoms with Crippen LogP contribution < -0.4 is 5.73 Å². The van der Waals surface area contributed by atoms with Crippen LogP contribution in [0.1, 0.15) is 5.56 Å². The first-order chi connectivity index (χ1) is 7.43. The van der Waals surface area contributed by atoms with Crippen molar-refractivity contribution >= 4 is 9.84 Å². The second-order valence-electron chi connectivity index (χ2n) is 3.94. The van der Waals surface area contributed by atoms with E-state index in [2.05, 4.69) is 4.90 Å². The van der Waals surface area contributed by atoms with Crippen LogP contribution in [-0.4, -0.2) is 39.7 Å². The molecule has 0 amide bonds. The Kier molecular flexibility index (Phi) is 4.46. The van der Waals surface area contributed by atoms with E-state index in [1.165, 1.54) is 6.26 Å². The SMILES string of the molecule is CN(CCN)Cc1ccc(S(C)(=O)=O)cc1. The summed E-state index contributed by atoms with van der Waals surface area (Å²) in [5.74, 6) is 0. The van der Waals surface area contributed by atoms with E-state index in [-0.39, 0.29) is 0 Å². The van der Waals surface area contributed by atoms with E-state index in [1.54, 1.807) is 12.1 Å².